The average molecular weight is 507 g/mol. The van der Waals surface area contributed by atoms with Crippen LogP contribution in [0.4, 0.5) is 8.78 Å². The molecular formula is C24H25BrF2N2O3. The lowest BCUT2D eigenvalue weighted by atomic mass is 9.62. The van der Waals surface area contributed by atoms with Gasteiger partial charge in [0.2, 0.25) is 5.91 Å². The second-order valence-electron chi connectivity index (χ2n) is 8.94. The normalized spacial score (nSPS) is 22.3. The Hall–Kier alpha value is -2.32. The summed E-state index contributed by atoms with van der Waals surface area (Å²) in [5.74, 6) is -1.24. The topological polar surface area (TPSA) is 69.6 Å². The number of carbonyl (C=O) groups excluding carboxylic acids is 2. The summed E-state index contributed by atoms with van der Waals surface area (Å²) in [7, 11) is 0. The molecule has 2 fully saturated rings. The molecule has 2 amide bonds. The van der Waals surface area contributed by atoms with Crippen molar-refractivity contribution in [3.05, 3.63) is 69.7 Å². The molecule has 2 aromatic rings. The number of benzene rings is 2. The van der Waals surface area contributed by atoms with Crippen LogP contribution in [0.2, 0.25) is 0 Å². The van der Waals surface area contributed by atoms with Crippen LogP contribution in [0.5, 0.6) is 0 Å². The second-order valence-corrected chi connectivity index (χ2v) is 9.80. The van der Waals surface area contributed by atoms with Crippen molar-refractivity contribution in [3.63, 3.8) is 0 Å². The summed E-state index contributed by atoms with van der Waals surface area (Å²) < 4.78 is 27.2. The van der Waals surface area contributed by atoms with E-state index in [1.807, 2.05) is 0 Å². The molecule has 8 heteroatoms. The number of rotatable bonds is 3. The molecule has 0 saturated carbocycles. The molecule has 2 aliphatic rings. The zero-order valence-corrected chi connectivity index (χ0v) is 19.3. The number of hydrogen-bond acceptors (Lipinski definition) is 3. The fraction of sp³-hybridized carbons (Fsp3) is 0.417. The Morgan fingerprint density at radius 1 is 1.19 bits per heavy atom. The van der Waals surface area contributed by atoms with Crippen LogP contribution in [0.1, 0.15) is 43.2 Å². The minimum Gasteiger partial charge on any atom is -0.376 e. The first-order chi connectivity index (χ1) is 15.1. The maximum atomic E-state index is 13.6. The van der Waals surface area contributed by atoms with Crippen LogP contribution in [0.25, 0.3) is 0 Å². The summed E-state index contributed by atoms with van der Waals surface area (Å²) in [5, 5.41) is 13.9. The van der Waals surface area contributed by atoms with Gasteiger partial charge in [0.25, 0.3) is 5.91 Å². The van der Waals surface area contributed by atoms with Crippen LogP contribution in [-0.2, 0) is 15.2 Å². The summed E-state index contributed by atoms with van der Waals surface area (Å²) in [6.45, 7) is 2.67. The molecular weight excluding hydrogens is 482 g/mol. The fourth-order valence-corrected chi connectivity index (χ4v) is 5.39. The van der Waals surface area contributed by atoms with E-state index in [1.165, 1.54) is 37.3 Å². The molecule has 2 aliphatic heterocycles. The highest BCUT2D eigenvalue weighted by molar-refractivity contribution is 9.10. The maximum absolute atomic E-state index is 13.6. The Morgan fingerprint density at radius 3 is 2.47 bits per heavy atom. The Labute approximate surface area is 193 Å². The first-order valence-electron chi connectivity index (χ1n) is 10.6. The average Bonchev–Trinajstić information content (AvgIpc) is 2.76. The van der Waals surface area contributed by atoms with Crippen LogP contribution < -0.4 is 5.32 Å². The highest BCUT2D eigenvalue weighted by atomic mass is 79.9. The van der Waals surface area contributed by atoms with Gasteiger partial charge in [0, 0.05) is 32.0 Å². The predicted octanol–water partition coefficient (Wildman–Crippen LogP) is 3.85. The largest absolute Gasteiger partial charge is 0.376 e. The zero-order valence-electron chi connectivity index (χ0n) is 17.7. The Morgan fingerprint density at radius 2 is 1.84 bits per heavy atom. The lowest BCUT2D eigenvalue weighted by molar-refractivity contribution is -0.154. The molecule has 2 atom stereocenters. The molecule has 1 spiro atoms. The summed E-state index contributed by atoms with van der Waals surface area (Å²) in [6.07, 6.45) is 1.53. The van der Waals surface area contributed by atoms with E-state index in [0.29, 0.717) is 44.5 Å². The van der Waals surface area contributed by atoms with E-state index < -0.39 is 17.3 Å². The molecule has 0 aliphatic carbocycles. The highest BCUT2D eigenvalue weighted by Crippen LogP contribution is 2.49. The van der Waals surface area contributed by atoms with Gasteiger partial charge in [0.1, 0.15) is 11.6 Å². The number of aliphatic hydroxyl groups is 1. The quantitative estimate of drug-likeness (QED) is 0.664. The molecule has 0 unspecified atom stereocenters. The third kappa shape index (κ3) is 4.18. The van der Waals surface area contributed by atoms with Crippen LogP contribution in [-0.4, -0.2) is 41.5 Å². The van der Waals surface area contributed by atoms with Gasteiger partial charge in [-0.1, -0.05) is 18.2 Å². The molecule has 0 radical (unpaired) electrons. The first kappa shape index (κ1) is 22.9. The van der Waals surface area contributed by atoms with Crippen molar-refractivity contribution >= 4 is 27.7 Å². The van der Waals surface area contributed by atoms with Crippen molar-refractivity contribution in [2.45, 2.75) is 37.7 Å². The summed E-state index contributed by atoms with van der Waals surface area (Å²) in [4.78, 5) is 27.1. The molecule has 4 rings (SSSR count). The first-order valence-corrected chi connectivity index (χ1v) is 11.4. The third-order valence-corrected chi connectivity index (χ3v) is 7.58. The van der Waals surface area contributed by atoms with Gasteiger partial charge in [0.05, 0.1) is 4.47 Å². The molecule has 0 aromatic heterocycles. The number of nitrogens with one attached hydrogen (secondary N) is 1. The standard InChI is InChI=1S/C24H25BrF2N2O3/c1-23(32,16-4-7-20(27)19(25)12-16)22(31)29-10-8-24(9-11-29)13-21(30)28-14-18(24)15-2-5-17(26)6-3-15/h2-7,12,18,32H,8-11,13-14H2,1H3,(H,28,30)/t18-,23+/m0/s1. The smallest absolute Gasteiger partial charge is 0.258 e. The van der Waals surface area contributed by atoms with Gasteiger partial charge in [0.15, 0.2) is 5.60 Å². The number of likely N-dealkylation sites (tertiary alicyclic amines) is 1. The van der Waals surface area contributed by atoms with E-state index in [1.54, 1.807) is 17.0 Å². The van der Waals surface area contributed by atoms with E-state index in [9.17, 15) is 23.5 Å². The Balaban J connectivity index is 1.53. The molecule has 2 heterocycles. The monoisotopic (exact) mass is 506 g/mol. The van der Waals surface area contributed by atoms with Crippen molar-refractivity contribution in [2.75, 3.05) is 19.6 Å². The Kier molecular flexibility index (Phi) is 6.11. The molecule has 0 bridgehead atoms. The minimum absolute atomic E-state index is 0.0200. The van der Waals surface area contributed by atoms with Gasteiger partial charge in [-0.05, 0) is 76.5 Å². The number of piperidine rings is 2. The van der Waals surface area contributed by atoms with Crippen molar-refractivity contribution < 1.29 is 23.5 Å². The second kappa shape index (κ2) is 8.56. The summed E-state index contributed by atoms with van der Waals surface area (Å²) in [5.41, 5.74) is -0.866. The van der Waals surface area contributed by atoms with Crippen LogP contribution in [0.3, 0.4) is 0 Å². The van der Waals surface area contributed by atoms with Gasteiger partial charge in [-0.2, -0.15) is 0 Å². The van der Waals surface area contributed by atoms with Gasteiger partial charge in [-0.15, -0.1) is 0 Å². The van der Waals surface area contributed by atoms with Crippen LogP contribution in [0.15, 0.2) is 46.9 Å². The van der Waals surface area contributed by atoms with Crippen LogP contribution in [0, 0.1) is 17.0 Å². The fourth-order valence-electron chi connectivity index (χ4n) is 5.02. The van der Waals surface area contributed by atoms with Crippen molar-refractivity contribution in [1.29, 1.82) is 0 Å². The van der Waals surface area contributed by atoms with Gasteiger partial charge >= 0.3 is 0 Å². The van der Waals surface area contributed by atoms with Gasteiger partial charge in [-0.25, -0.2) is 8.78 Å². The lowest BCUT2D eigenvalue weighted by Gasteiger charge is -2.49. The maximum Gasteiger partial charge on any atom is 0.258 e. The van der Waals surface area contributed by atoms with Gasteiger partial charge in [-0.3, -0.25) is 9.59 Å². The number of amides is 2. The number of carbonyl (C=O) groups is 2. The number of nitrogens with zero attached hydrogens (tertiary/aromatic N) is 1. The van der Waals surface area contributed by atoms with E-state index in [2.05, 4.69) is 21.2 Å². The summed E-state index contributed by atoms with van der Waals surface area (Å²) >= 11 is 3.10. The molecule has 2 aromatic carbocycles. The third-order valence-electron chi connectivity index (χ3n) is 6.97. The molecule has 2 saturated heterocycles. The lowest BCUT2D eigenvalue weighted by Crippen LogP contribution is -2.55. The van der Waals surface area contributed by atoms with E-state index in [-0.39, 0.29) is 27.5 Å². The number of halogens is 3. The molecule has 2 N–H and O–H groups in total. The molecule has 5 nitrogen and oxygen atoms in total. The van der Waals surface area contributed by atoms with Crippen molar-refractivity contribution in [2.24, 2.45) is 5.41 Å². The van der Waals surface area contributed by atoms with Crippen LogP contribution >= 0.6 is 15.9 Å². The van der Waals surface area contributed by atoms with Crippen molar-refractivity contribution in [3.8, 4) is 0 Å². The van der Waals surface area contributed by atoms with E-state index >= 15 is 0 Å². The van der Waals surface area contributed by atoms with E-state index in [4.69, 9.17) is 0 Å². The predicted molar refractivity (Wildman–Crippen MR) is 119 cm³/mol. The minimum atomic E-state index is -1.80. The highest BCUT2D eigenvalue weighted by Gasteiger charge is 2.48. The van der Waals surface area contributed by atoms with E-state index in [0.717, 1.165) is 5.56 Å². The molecule has 170 valence electrons. The van der Waals surface area contributed by atoms with Crippen molar-refractivity contribution in [1.82, 2.24) is 10.2 Å². The zero-order chi connectivity index (χ0) is 23.1. The SMILES string of the molecule is C[C@](O)(C(=O)N1CCC2(CC1)CC(=O)NC[C@H]2c1ccc(F)cc1)c1ccc(F)c(Br)c1. The Bertz CT molecular complexity index is 1030. The van der Waals surface area contributed by atoms with Gasteiger partial charge < -0.3 is 15.3 Å². The number of hydrogen-bond donors (Lipinski definition) is 2. The summed E-state index contributed by atoms with van der Waals surface area (Å²) in [6, 6.07) is 10.4. The molecule has 32 heavy (non-hydrogen) atoms.